The minimum atomic E-state index is -4.32. The lowest BCUT2D eigenvalue weighted by Gasteiger charge is -2.17. The van der Waals surface area contributed by atoms with Gasteiger partial charge in [-0.05, 0) is 47.6 Å². The maximum atomic E-state index is 12.7. The van der Waals surface area contributed by atoms with Crippen LogP contribution in [0.2, 0.25) is 0 Å². The Morgan fingerprint density at radius 3 is 2.71 bits per heavy atom. The van der Waals surface area contributed by atoms with E-state index in [0.29, 0.717) is 25.9 Å². The second-order valence-corrected chi connectivity index (χ2v) is 8.00. The number of likely N-dealkylation sites (tertiary alicyclic amines) is 1. The van der Waals surface area contributed by atoms with Gasteiger partial charge in [-0.15, -0.1) is 0 Å². The number of hydrogen-bond acceptors (Lipinski definition) is 3. The molecule has 1 amide bonds. The van der Waals surface area contributed by atoms with E-state index in [9.17, 15) is 18.0 Å². The van der Waals surface area contributed by atoms with Crippen molar-refractivity contribution in [2.75, 3.05) is 13.1 Å². The van der Waals surface area contributed by atoms with Gasteiger partial charge in [-0.3, -0.25) is 14.7 Å². The van der Waals surface area contributed by atoms with Crippen LogP contribution in [-0.2, 0) is 23.9 Å². The molecule has 4 rings (SSSR count). The summed E-state index contributed by atoms with van der Waals surface area (Å²) in [6, 6.07) is 13.3. The average molecular weight is 427 g/mol. The molecule has 1 atom stereocenters. The van der Waals surface area contributed by atoms with Gasteiger partial charge in [0.1, 0.15) is 0 Å². The highest BCUT2D eigenvalue weighted by Gasteiger charge is 2.30. The monoisotopic (exact) mass is 427 g/mol. The molecule has 0 aliphatic carbocycles. The molecule has 1 aliphatic heterocycles. The van der Waals surface area contributed by atoms with E-state index in [0.717, 1.165) is 47.0 Å². The van der Waals surface area contributed by atoms with Crippen molar-refractivity contribution in [1.82, 2.24) is 15.2 Å². The van der Waals surface area contributed by atoms with Gasteiger partial charge in [-0.2, -0.15) is 13.2 Å². The van der Waals surface area contributed by atoms with Crippen molar-refractivity contribution < 1.29 is 18.0 Å². The number of benzene rings is 2. The first-order chi connectivity index (χ1) is 14.9. The fraction of sp³-hybridized carbons (Fsp3) is 0.333. The van der Waals surface area contributed by atoms with Crippen molar-refractivity contribution in [3.8, 4) is 0 Å². The van der Waals surface area contributed by atoms with Crippen LogP contribution in [0.4, 0.5) is 13.2 Å². The summed E-state index contributed by atoms with van der Waals surface area (Å²) in [6.07, 6.45) is 1.18. The van der Waals surface area contributed by atoms with Crippen LogP contribution in [0.15, 0.2) is 60.9 Å². The van der Waals surface area contributed by atoms with E-state index in [1.165, 1.54) is 12.1 Å². The Balaban J connectivity index is 1.25. The number of nitrogens with zero attached hydrogens (tertiary/aromatic N) is 2. The van der Waals surface area contributed by atoms with Crippen LogP contribution in [0, 0.1) is 0 Å². The number of fused-ring (bicyclic) bond motifs is 1. The number of halogens is 3. The summed E-state index contributed by atoms with van der Waals surface area (Å²) in [5.74, 6) is 0.0208. The molecule has 3 aromatic rings. The molecular weight excluding hydrogens is 403 g/mol. The third-order valence-electron chi connectivity index (χ3n) is 5.72. The first kappa shape index (κ1) is 21.3. The minimum absolute atomic E-state index is 0.0208. The number of alkyl halides is 3. The Hall–Kier alpha value is -2.93. The van der Waals surface area contributed by atoms with Crippen molar-refractivity contribution in [2.24, 2.45) is 0 Å². The summed E-state index contributed by atoms with van der Waals surface area (Å²) in [6.45, 7) is 2.09. The minimum Gasteiger partial charge on any atom is -0.352 e. The first-order valence-corrected chi connectivity index (χ1v) is 10.4. The van der Waals surface area contributed by atoms with Crippen LogP contribution in [0.3, 0.4) is 0 Å². The number of pyridine rings is 1. The molecule has 2 heterocycles. The van der Waals surface area contributed by atoms with Crippen molar-refractivity contribution in [2.45, 2.75) is 38.0 Å². The Morgan fingerprint density at radius 1 is 1.13 bits per heavy atom. The van der Waals surface area contributed by atoms with Crippen LogP contribution in [0.25, 0.3) is 10.8 Å². The molecule has 0 spiro atoms. The molecule has 1 aliphatic rings. The van der Waals surface area contributed by atoms with E-state index in [2.05, 4.69) is 15.2 Å². The zero-order valence-corrected chi connectivity index (χ0v) is 17.0. The zero-order valence-electron chi connectivity index (χ0n) is 17.0. The van der Waals surface area contributed by atoms with Crippen molar-refractivity contribution in [3.63, 3.8) is 0 Å². The molecule has 1 saturated heterocycles. The number of aromatic nitrogens is 1. The molecular formula is C24H24F3N3O. The molecule has 0 bridgehead atoms. The maximum absolute atomic E-state index is 12.7. The standard InChI is InChI=1S/C24H24F3N3O/c25-24(26,27)20-7-4-17(5-8-20)15-30-13-11-21(16-30)29-23(31)9-6-18-2-1-3-19-14-28-12-10-22(18)19/h1-5,7-8,10,12,14,21H,6,9,11,13,15-16H2,(H,29,31). The first-order valence-electron chi connectivity index (χ1n) is 10.4. The number of nitrogens with one attached hydrogen (secondary N) is 1. The van der Waals surface area contributed by atoms with E-state index < -0.39 is 11.7 Å². The second-order valence-electron chi connectivity index (χ2n) is 8.00. The third-order valence-corrected chi connectivity index (χ3v) is 5.72. The Morgan fingerprint density at radius 2 is 1.94 bits per heavy atom. The van der Waals surface area contributed by atoms with E-state index in [-0.39, 0.29) is 11.9 Å². The lowest BCUT2D eigenvalue weighted by atomic mass is 10.0. The zero-order chi connectivity index (χ0) is 21.8. The number of carbonyl (C=O) groups is 1. The van der Waals surface area contributed by atoms with Gasteiger partial charge in [0.15, 0.2) is 0 Å². The second kappa shape index (κ2) is 9.06. The van der Waals surface area contributed by atoms with Crippen LogP contribution in [0.1, 0.15) is 29.5 Å². The van der Waals surface area contributed by atoms with Gasteiger partial charge in [0.25, 0.3) is 0 Å². The third kappa shape index (κ3) is 5.41. The van der Waals surface area contributed by atoms with Gasteiger partial charge in [-0.25, -0.2) is 0 Å². The van der Waals surface area contributed by atoms with Gasteiger partial charge in [-0.1, -0.05) is 30.3 Å². The summed E-state index contributed by atoms with van der Waals surface area (Å²) < 4.78 is 38.1. The van der Waals surface area contributed by atoms with Gasteiger partial charge >= 0.3 is 6.18 Å². The molecule has 7 heteroatoms. The molecule has 4 nitrogen and oxygen atoms in total. The summed E-state index contributed by atoms with van der Waals surface area (Å²) in [5, 5.41) is 5.28. The Bertz CT molecular complexity index is 1040. The summed E-state index contributed by atoms with van der Waals surface area (Å²) in [7, 11) is 0. The highest BCUT2D eigenvalue weighted by Crippen LogP contribution is 2.29. The molecule has 1 unspecified atom stereocenters. The predicted octanol–water partition coefficient (Wildman–Crippen LogP) is 4.58. The quantitative estimate of drug-likeness (QED) is 0.627. The Labute approximate surface area is 179 Å². The topological polar surface area (TPSA) is 45.2 Å². The number of aryl methyl sites for hydroxylation is 1. The van der Waals surface area contributed by atoms with Crippen molar-refractivity contribution >= 4 is 16.7 Å². The summed E-state index contributed by atoms with van der Waals surface area (Å²) in [5.41, 5.74) is 1.33. The SMILES string of the molecule is O=C(CCc1cccc2cnccc12)NC1CCN(Cc2ccc(C(F)(F)F)cc2)C1. The van der Waals surface area contributed by atoms with E-state index >= 15 is 0 Å². The van der Waals surface area contributed by atoms with Crippen LogP contribution in [0.5, 0.6) is 0 Å². The predicted molar refractivity (Wildman–Crippen MR) is 113 cm³/mol. The van der Waals surface area contributed by atoms with E-state index in [4.69, 9.17) is 0 Å². The molecule has 31 heavy (non-hydrogen) atoms. The summed E-state index contributed by atoms with van der Waals surface area (Å²) >= 11 is 0. The lowest BCUT2D eigenvalue weighted by Crippen LogP contribution is -2.37. The van der Waals surface area contributed by atoms with Gasteiger partial charge in [0, 0.05) is 49.9 Å². The average Bonchev–Trinajstić information content (AvgIpc) is 3.18. The van der Waals surface area contributed by atoms with E-state index in [1.807, 2.05) is 30.5 Å². The van der Waals surface area contributed by atoms with Crippen LogP contribution in [-0.4, -0.2) is 34.9 Å². The number of carbonyl (C=O) groups excluding carboxylic acids is 1. The van der Waals surface area contributed by atoms with Gasteiger partial charge in [0.05, 0.1) is 5.56 Å². The van der Waals surface area contributed by atoms with Gasteiger partial charge in [0.2, 0.25) is 5.91 Å². The van der Waals surface area contributed by atoms with Crippen LogP contribution >= 0.6 is 0 Å². The molecule has 1 N–H and O–H groups in total. The molecule has 162 valence electrons. The Kier molecular flexibility index (Phi) is 6.23. The molecule has 1 aromatic heterocycles. The van der Waals surface area contributed by atoms with E-state index in [1.54, 1.807) is 6.20 Å². The smallest absolute Gasteiger partial charge is 0.352 e. The lowest BCUT2D eigenvalue weighted by molar-refractivity contribution is -0.137. The number of amides is 1. The normalized spacial score (nSPS) is 17.2. The van der Waals surface area contributed by atoms with Crippen molar-refractivity contribution in [1.29, 1.82) is 0 Å². The number of rotatable bonds is 6. The fourth-order valence-electron chi connectivity index (χ4n) is 4.11. The van der Waals surface area contributed by atoms with Crippen molar-refractivity contribution in [3.05, 3.63) is 77.6 Å². The molecule has 2 aromatic carbocycles. The highest BCUT2D eigenvalue weighted by atomic mass is 19.4. The van der Waals surface area contributed by atoms with Crippen LogP contribution < -0.4 is 5.32 Å². The fourth-order valence-corrected chi connectivity index (χ4v) is 4.11. The molecule has 0 saturated carbocycles. The highest BCUT2D eigenvalue weighted by molar-refractivity contribution is 5.85. The molecule has 1 fully saturated rings. The summed E-state index contributed by atoms with van der Waals surface area (Å²) in [4.78, 5) is 18.8. The largest absolute Gasteiger partial charge is 0.416 e. The number of hydrogen-bond donors (Lipinski definition) is 1. The maximum Gasteiger partial charge on any atom is 0.416 e. The molecule has 0 radical (unpaired) electrons. The van der Waals surface area contributed by atoms with Gasteiger partial charge < -0.3 is 5.32 Å².